The molecule has 0 fully saturated rings. The monoisotopic (exact) mass is 514 g/mol. The van der Waals surface area contributed by atoms with Gasteiger partial charge in [0, 0.05) is 5.56 Å². The van der Waals surface area contributed by atoms with Crippen LogP contribution in [0.1, 0.15) is 43.4 Å². The highest BCUT2D eigenvalue weighted by Gasteiger charge is 2.23. The van der Waals surface area contributed by atoms with E-state index in [0.29, 0.717) is 34.6 Å². The summed E-state index contributed by atoms with van der Waals surface area (Å²) in [6.45, 7) is 8.47. The van der Waals surface area contributed by atoms with Crippen LogP contribution in [0.2, 0.25) is 0 Å². The summed E-state index contributed by atoms with van der Waals surface area (Å²) in [6, 6.07) is 13.7. The maximum atomic E-state index is 13.7. The van der Waals surface area contributed by atoms with Gasteiger partial charge < -0.3 is 14.2 Å². The van der Waals surface area contributed by atoms with Gasteiger partial charge in [0.15, 0.2) is 17.3 Å². The molecule has 0 N–H and O–H groups in total. The number of aryl methyl sites for hydroxylation is 1. The highest BCUT2D eigenvalue weighted by molar-refractivity contribution is 5.87. The van der Waals surface area contributed by atoms with Crippen molar-refractivity contribution in [1.82, 2.24) is 9.66 Å². The first-order valence-corrected chi connectivity index (χ1v) is 12.2. The topological polar surface area (TPSA) is 118 Å². The summed E-state index contributed by atoms with van der Waals surface area (Å²) < 4.78 is 17.7. The molecule has 4 aromatic rings. The molecule has 0 aliphatic carbocycles. The lowest BCUT2D eigenvalue weighted by Crippen LogP contribution is -2.21. The van der Waals surface area contributed by atoms with Gasteiger partial charge in [0.05, 0.1) is 40.3 Å². The van der Waals surface area contributed by atoms with Crippen LogP contribution >= 0.6 is 0 Å². The van der Waals surface area contributed by atoms with E-state index in [1.54, 1.807) is 18.2 Å². The first kappa shape index (κ1) is 24.9. The Morgan fingerprint density at radius 2 is 1.92 bits per heavy atom. The van der Waals surface area contributed by atoms with Crippen LogP contribution in [0.15, 0.2) is 58.4 Å². The molecule has 38 heavy (non-hydrogen) atoms. The molecule has 3 aromatic carbocycles. The molecule has 0 unspecified atom stereocenters. The van der Waals surface area contributed by atoms with Crippen LogP contribution in [0.5, 0.6) is 17.2 Å². The first-order chi connectivity index (χ1) is 18.3. The number of nitrogens with zero attached hydrogens (tertiary/aromatic N) is 4. The van der Waals surface area contributed by atoms with E-state index in [-0.39, 0.29) is 29.7 Å². The Morgan fingerprint density at radius 3 is 2.63 bits per heavy atom. The number of para-hydroxylation sites is 1. The molecule has 0 amide bonds. The van der Waals surface area contributed by atoms with Crippen molar-refractivity contribution in [2.45, 2.75) is 33.6 Å². The predicted octanol–water partition coefficient (Wildman–Crippen LogP) is 5.41. The van der Waals surface area contributed by atoms with Crippen molar-refractivity contribution in [1.29, 1.82) is 0 Å². The van der Waals surface area contributed by atoms with Crippen molar-refractivity contribution in [2.24, 2.45) is 5.10 Å². The minimum absolute atomic E-state index is 0.0273. The van der Waals surface area contributed by atoms with Crippen LogP contribution in [0.3, 0.4) is 0 Å². The molecular formula is C28H26N4O6. The van der Waals surface area contributed by atoms with Crippen LogP contribution in [-0.4, -0.2) is 34.2 Å². The van der Waals surface area contributed by atoms with Gasteiger partial charge in [0.1, 0.15) is 5.75 Å². The lowest BCUT2D eigenvalue weighted by molar-refractivity contribution is -0.385. The van der Waals surface area contributed by atoms with Gasteiger partial charge in [-0.15, -0.1) is 0 Å². The SMILES string of the molecule is CCOc1cc(C)c(-c2nc3ccccc3c(=O)n2N=Cc2cc3c(cc2[N+](=O)[O-])OCO3)cc1C(C)C. The van der Waals surface area contributed by atoms with E-state index in [0.717, 1.165) is 16.9 Å². The van der Waals surface area contributed by atoms with Crippen molar-refractivity contribution in [2.75, 3.05) is 13.4 Å². The van der Waals surface area contributed by atoms with E-state index >= 15 is 0 Å². The summed E-state index contributed by atoms with van der Waals surface area (Å²) in [6.07, 6.45) is 1.27. The summed E-state index contributed by atoms with van der Waals surface area (Å²) in [7, 11) is 0. The standard InChI is InChI=1S/C28H26N4O6/c1-5-36-24-10-17(4)21(12-20(24)16(2)3)27-30-22-9-7-6-8-19(22)28(33)31(27)29-14-18-11-25-26(38-15-37-25)13-23(18)32(34)35/h6-14,16H,5,15H2,1-4H3. The minimum Gasteiger partial charge on any atom is -0.494 e. The lowest BCUT2D eigenvalue weighted by atomic mass is 9.96. The summed E-state index contributed by atoms with van der Waals surface area (Å²) in [5.41, 5.74) is 2.58. The average molecular weight is 515 g/mol. The molecule has 1 aliphatic rings. The molecule has 0 atom stereocenters. The van der Waals surface area contributed by atoms with Crippen molar-refractivity contribution >= 4 is 22.8 Å². The lowest BCUT2D eigenvalue weighted by Gasteiger charge is -2.18. The zero-order chi connectivity index (χ0) is 27.0. The molecule has 0 bridgehead atoms. The van der Waals surface area contributed by atoms with E-state index < -0.39 is 10.5 Å². The van der Waals surface area contributed by atoms with Gasteiger partial charge in [-0.25, -0.2) is 4.98 Å². The number of rotatable bonds is 7. The summed E-state index contributed by atoms with van der Waals surface area (Å²) >= 11 is 0. The molecule has 1 aliphatic heterocycles. The Bertz CT molecular complexity index is 1660. The Hall–Kier alpha value is -4.73. The quantitative estimate of drug-likeness (QED) is 0.184. The van der Waals surface area contributed by atoms with Gasteiger partial charge in [-0.05, 0) is 61.2 Å². The Morgan fingerprint density at radius 1 is 1.18 bits per heavy atom. The Balaban J connectivity index is 1.74. The van der Waals surface area contributed by atoms with E-state index in [4.69, 9.17) is 19.2 Å². The molecule has 5 rings (SSSR count). The Kier molecular flexibility index (Phi) is 6.54. The molecule has 194 valence electrons. The molecule has 0 spiro atoms. The van der Waals surface area contributed by atoms with E-state index in [9.17, 15) is 14.9 Å². The second-order valence-corrected chi connectivity index (χ2v) is 9.13. The van der Waals surface area contributed by atoms with Crippen LogP contribution < -0.4 is 19.8 Å². The number of nitro benzene ring substituents is 1. The highest BCUT2D eigenvalue weighted by atomic mass is 16.7. The molecule has 10 heteroatoms. The van der Waals surface area contributed by atoms with Crippen molar-refractivity contribution in [3.63, 3.8) is 0 Å². The Labute approximate surface area is 218 Å². The molecule has 2 heterocycles. The fourth-order valence-corrected chi connectivity index (χ4v) is 4.40. The van der Waals surface area contributed by atoms with Gasteiger partial charge in [-0.1, -0.05) is 26.0 Å². The number of fused-ring (bicyclic) bond motifs is 2. The van der Waals surface area contributed by atoms with Crippen LogP contribution in [0.25, 0.3) is 22.3 Å². The largest absolute Gasteiger partial charge is 0.494 e. The normalized spacial score (nSPS) is 12.6. The van der Waals surface area contributed by atoms with Crippen molar-refractivity contribution in [3.05, 3.63) is 85.7 Å². The molecule has 10 nitrogen and oxygen atoms in total. The molecule has 0 saturated carbocycles. The van der Waals surface area contributed by atoms with Gasteiger partial charge in [-0.3, -0.25) is 14.9 Å². The van der Waals surface area contributed by atoms with Gasteiger partial charge in [0.25, 0.3) is 11.2 Å². The van der Waals surface area contributed by atoms with Gasteiger partial charge >= 0.3 is 0 Å². The summed E-state index contributed by atoms with van der Waals surface area (Å²) in [5, 5.41) is 16.6. The van der Waals surface area contributed by atoms with Crippen LogP contribution in [0.4, 0.5) is 5.69 Å². The molecule has 0 saturated heterocycles. The third kappa shape index (κ3) is 4.45. The average Bonchev–Trinajstić information content (AvgIpc) is 3.35. The van der Waals surface area contributed by atoms with Gasteiger partial charge in [-0.2, -0.15) is 9.78 Å². The maximum Gasteiger partial charge on any atom is 0.282 e. The third-order valence-electron chi connectivity index (χ3n) is 6.30. The zero-order valence-corrected chi connectivity index (χ0v) is 21.4. The maximum absolute atomic E-state index is 13.7. The highest BCUT2D eigenvalue weighted by Crippen LogP contribution is 2.38. The number of hydrogen-bond acceptors (Lipinski definition) is 8. The summed E-state index contributed by atoms with van der Waals surface area (Å²) in [5.74, 6) is 1.89. The predicted molar refractivity (Wildman–Crippen MR) is 144 cm³/mol. The van der Waals surface area contributed by atoms with Crippen molar-refractivity contribution in [3.8, 4) is 28.6 Å². The summed E-state index contributed by atoms with van der Waals surface area (Å²) in [4.78, 5) is 29.7. The number of nitro groups is 1. The first-order valence-electron chi connectivity index (χ1n) is 12.2. The molecule has 0 radical (unpaired) electrons. The molecular weight excluding hydrogens is 488 g/mol. The number of benzene rings is 3. The second-order valence-electron chi connectivity index (χ2n) is 9.13. The number of ether oxygens (including phenoxy) is 3. The van der Waals surface area contributed by atoms with E-state index in [1.807, 2.05) is 32.0 Å². The van der Waals surface area contributed by atoms with Crippen LogP contribution in [-0.2, 0) is 0 Å². The van der Waals surface area contributed by atoms with Crippen molar-refractivity contribution < 1.29 is 19.1 Å². The molecule has 1 aromatic heterocycles. The third-order valence-corrected chi connectivity index (χ3v) is 6.30. The number of aromatic nitrogens is 2. The van der Waals surface area contributed by atoms with Gasteiger partial charge in [0.2, 0.25) is 6.79 Å². The number of hydrogen-bond donors (Lipinski definition) is 0. The van der Waals surface area contributed by atoms with E-state index in [2.05, 4.69) is 18.9 Å². The zero-order valence-electron chi connectivity index (χ0n) is 21.4. The van der Waals surface area contributed by atoms with Crippen LogP contribution in [0, 0.1) is 17.0 Å². The smallest absolute Gasteiger partial charge is 0.282 e. The second kappa shape index (κ2) is 9.97. The minimum atomic E-state index is -0.531. The van der Waals surface area contributed by atoms with E-state index in [1.165, 1.54) is 23.0 Å². The fraction of sp³-hybridized carbons (Fsp3) is 0.250. The fourth-order valence-electron chi connectivity index (χ4n) is 4.40.